The largest absolute Gasteiger partial charge is 0.404 e. The van der Waals surface area contributed by atoms with Gasteiger partial charge in [-0.1, -0.05) is 7.92 Å². The summed E-state index contributed by atoms with van der Waals surface area (Å²) in [5, 5.41) is 7.95. The summed E-state index contributed by atoms with van der Waals surface area (Å²) in [7, 11) is 3.39. The molecule has 1 aromatic carbocycles. The number of hydrogen-bond donors (Lipinski definition) is 3. The molecule has 0 saturated carbocycles. The molecular formula is C28H33BrN11P. The molecular weight excluding hydrogens is 601 g/mol. The van der Waals surface area contributed by atoms with Crippen LogP contribution in [0.25, 0.3) is 16.6 Å². The Kier molecular flexibility index (Phi) is 9.02. The maximum absolute atomic E-state index is 6.02. The second-order valence-electron chi connectivity index (χ2n) is 9.82. The summed E-state index contributed by atoms with van der Waals surface area (Å²) in [5.41, 5.74) is 11.2. The van der Waals surface area contributed by atoms with Crippen molar-refractivity contribution in [3.63, 3.8) is 0 Å². The van der Waals surface area contributed by atoms with E-state index in [0.717, 1.165) is 75.3 Å². The lowest BCUT2D eigenvalue weighted by atomic mass is 10.1. The summed E-state index contributed by atoms with van der Waals surface area (Å²) in [6.45, 7) is 8.11. The zero-order chi connectivity index (χ0) is 28.9. The predicted octanol–water partition coefficient (Wildman–Crippen LogP) is 4.18. The zero-order valence-electron chi connectivity index (χ0n) is 23.5. The lowest BCUT2D eigenvalue weighted by molar-refractivity contribution is 0.312. The smallest absolute Gasteiger partial charge is 0.229 e. The molecule has 1 fully saturated rings. The van der Waals surface area contributed by atoms with E-state index in [4.69, 9.17) is 15.7 Å². The molecule has 212 valence electrons. The average Bonchev–Trinajstić information content (AvgIpc) is 2.98. The second kappa shape index (κ2) is 12.8. The van der Waals surface area contributed by atoms with Gasteiger partial charge in [-0.05, 0) is 54.5 Å². The lowest BCUT2D eigenvalue weighted by Crippen LogP contribution is -2.45. The van der Waals surface area contributed by atoms with Gasteiger partial charge in [0.05, 0.1) is 27.4 Å². The highest BCUT2D eigenvalue weighted by atomic mass is 79.9. The Balaban J connectivity index is 1.46. The van der Waals surface area contributed by atoms with Crippen LogP contribution in [0.4, 0.5) is 29.0 Å². The van der Waals surface area contributed by atoms with Gasteiger partial charge in [-0.2, -0.15) is 4.98 Å². The van der Waals surface area contributed by atoms with Crippen molar-refractivity contribution in [3.8, 4) is 0 Å². The molecule has 41 heavy (non-hydrogen) atoms. The van der Waals surface area contributed by atoms with Gasteiger partial charge < -0.3 is 26.2 Å². The number of likely N-dealkylation sites (N-methyl/N-ethyl adjacent to an activating group) is 1. The van der Waals surface area contributed by atoms with E-state index in [1.165, 1.54) is 0 Å². The summed E-state index contributed by atoms with van der Waals surface area (Å²) in [4.78, 5) is 32.0. The minimum absolute atomic E-state index is 0.427. The van der Waals surface area contributed by atoms with Crippen LogP contribution in [0.1, 0.15) is 5.56 Å². The number of fused-ring (bicyclic) bond motifs is 1. The van der Waals surface area contributed by atoms with Gasteiger partial charge in [0.15, 0.2) is 0 Å². The Hall–Kier alpha value is -3.73. The minimum atomic E-state index is -0.476. The number of rotatable bonds is 8. The topological polar surface area (TPSA) is 133 Å². The Morgan fingerprint density at radius 1 is 1.05 bits per heavy atom. The van der Waals surface area contributed by atoms with Crippen molar-refractivity contribution in [3.05, 3.63) is 59.2 Å². The number of aromatic nitrogens is 5. The van der Waals surface area contributed by atoms with Crippen LogP contribution in [-0.2, 0) is 0 Å². The number of pyridine rings is 1. The van der Waals surface area contributed by atoms with E-state index in [2.05, 4.69) is 76.7 Å². The highest BCUT2D eigenvalue weighted by Gasteiger charge is 2.21. The van der Waals surface area contributed by atoms with Gasteiger partial charge >= 0.3 is 0 Å². The molecule has 0 amide bonds. The predicted molar refractivity (Wildman–Crippen MR) is 175 cm³/mol. The van der Waals surface area contributed by atoms with Crippen LogP contribution < -0.4 is 26.6 Å². The zero-order valence-corrected chi connectivity index (χ0v) is 26.0. The standard InChI is InChI=1S/C28H33BrN11P/c1-31-15-18(14-30)20-13-19(16-34-27(20)40-11-9-39(2)10-12-40)36-28-35-17-21(29)26(38-28)37-23-6-5-22-24(25(23)41(3)4)33-8-7-32-22/h5-8,13-17H,9-12,30H2,1-4H3,(H2,35,36,37,38). The Morgan fingerprint density at radius 2 is 1.83 bits per heavy atom. The highest BCUT2D eigenvalue weighted by Crippen LogP contribution is 2.35. The maximum Gasteiger partial charge on any atom is 0.229 e. The molecule has 5 rings (SSSR count). The number of allylic oxidation sites excluding steroid dienone is 1. The molecule has 11 nitrogen and oxygen atoms in total. The Morgan fingerprint density at radius 3 is 2.56 bits per heavy atom. The van der Waals surface area contributed by atoms with E-state index >= 15 is 0 Å². The van der Waals surface area contributed by atoms with E-state index in [1.54, 1.807) is 44.2 Å². The van der Waals surface area contributed by atoms with Crippen LogP contribution in [0.15, 0.2) is 58.7 Å². The van der Waals surface area contributed by atoms with Crippen molar-refractivity contribution in [1.29, 1.82) is 0 Å². The lowest BCUT2D eigenvalue weighted by Gasteiger charge is -2.34. The SMILES string of the molecule is CN=CC(=CN)c1cc(Nc2ncc(Br)c(Nc3ccc4nccnc4c3P(C)C)n2)cnc1N1CCN(C)CC1. The summed E-state index contributed by atoms with van der Waals surface area (Å²) in [6.07, 6.45) is 10.3. The van der Waals surface area contributed by atoms with Gasteiger partial charge in [-0.25, -0.2) is 9.97 Å². The van der Waals surface area contributed by atoms with Gasteiger partial charge in [0.1, 0.15) is 11.6 Å². The number of nitrogens with zero attached hydrogens (tertiary/aromatic N) is 8. The molecule has 4 aromatic rings. The van der Waals surface area contributed by atoms with Crippen molar-refractivity contribution >= 4 is 80.9 Å². The van der Waals surface area contributed by atoms with Crippen LogP contribution in [0.2, 0.25) is 0 Å². The van der Waals surface area contributed by atoms with Crippen molar-refractivity contribution in [2.24, 2.45) is 10.7 Å². The number of halogens is 1. The van der Waals surface area contributed by atoms with E-state index in [0.29, 0.717) is 11.8 Å². The van der Waals surface area contributed by atoms with Crippen LogP contribution in [0, 0.1) is 0 Å². The molecule has 4 N–H and O–H groups in total. The summed E-state index contributed by atoms with van der Waals surface area (Å²) < 4.78 is 0.738. The van der Waals surface area contributed by atoms with E-state index in [-0.39, 0.29) is 0 Å². The normalized spacial score (nSPS) is 14.8. The monoisotopic (exact) mass is 633 g/mol. The van der Waals surface area contributed by atoms with Gasteiger partial charge in [0.2, 0.25) is 5.95 Å². The number of benzene rings is 1. The fraction of sp³-hybridized carbons (Fsp3) is 0.286. The van der Waals surface area contributed by atoms with Crippen molar-refractivity contribution in [1.82, 2.24) is 29.8 Å². The first-order chi connectivity index (χ1) is 19.9. The molecule has 13 heteroatoms. The van der Waals surface area contributed by atoms with E-state index in [1.807, 2.05) is 18.2 Å². The number of nitrogens with one attached hydrogen (secondary N) is 2. The molecule has 1 aliphatic heterocycles. The summed E-state index contributed by atoms with van der Waals surface area (Å²) in [6, 6.07) is 6.01. The highest BCUT2D eigenvalue weighted by molar-refractivity contribution is 9.10. The fourth-order valence-electron chi connectivity index (χ4n) is 4.70. The molecule has 0 spiro atoms. The van der Waals surface area contributed by atoms with E-state index in [9.17, 15) is 0 Å². The molecule has 0 radical (unpaired) electrons. The Labute approximate surface area is 249 Å². The third-order valence-electron chi connectivity index (χ3n) is 6.74. The summed E-state index contributed by atoms with van der Waals surface area (Å²) >= 11 is 3.60. The fourth-order valence-corrected chi connectivity index (χ4v) is 6.20. The van der Waals surface area contributed by atoms with Crippen molar-refractivity contribution < 1.29 is 0 Å². The van der Waals surface area contributed by atoms with Gasteiger partial charge in [-0.3, -0.25) is 15.0 Å². The quantitative estimate of drug-likeness (QED) is 0.192. The molecule has 0 atom stereocenters. The molecule has 3 aromatic heterocycles. The number of piperazine rings is 1. The van der Waals surface area contributed by atoms with Gasteiger partial charge in [-0.15, -0.1) is 0 Å². The first kappa shape index (κ1) is 28.8. The minimum Gasteiger partial charge on any atom is -0.404 e. The second-order valence-corrected chi connectivity index (χ2v) is 12.9. The number of hydrogen-bond acceptors (Lipinski definition) is 11. The van der Waals surface area contributed by atoms with Gasteiger partial charge in [0.25, 0.3) is 0 Å². The third kappa shape index (κ3) is 6.45. The molecule has 1 aliphatic rings. The third-order valence-corrected chi connectivity index (χ3v) is 8.67. The van der Waals surface area contributed by atoms with Crippen molar-refractivity contribution in [2.75, 3.05) is 69.1 Å². The first-order valence-corrected chi connectivity index (χ1v) is 16.2. The molecule has 0 unspecified atom stereocenters. The summed E-state index contributed by atoms with van der Waals surface area (Å²) in [5.74, 6) is 1.93. The number of aliphatic imine (C=N–C) groups is 1. The van der Waals surface area contributed by atoms with E-state index < -0.39 is 7.92 Å². The Bertz CT molecular complexity index is 1600. The van der Waals surface area contributed by atoms with Crippen LogP contribution in [0.5, 0.6) is 0 Å². The van der Waals surface area contributed by atoms with Crippen LogP contribution in [-0.4, -0.2) is 89.6 Å². The molecule has 4 heterocycles. The van der Waals surface area contributed by atoms with Crippen molar-refractivity contribution in [2.45, 2.75) is 0 Å². The average molecular weight is 635 g/mol. The number of anilines is 5. The van der Waals surface area contributed by atoms with Crippen LogP contribution >= 0.6 is 23.9 Å². The number of nitrogens with two attached hydrogens (primary N) is 1. The first-order valence-electron chi connectivity index (χ1n) is 13.1. The van der Waals surface area contributed by atoms with Crippen LogP contribution in [0.3, 0.4) is 0 Å². The van der Waals surface area contributed by atoms with Gasteiger partial charge in [0, 0.05) is 86.4 Å². The molecule has 0 bridgehead atoms. The molecule has 0 aliphatic carbocycles. The molecule has 1 saturated heterocycles. The maximum atomic E-state index is 6.02.